The Morgan fingerprint density at radius 3 is 2.52 bits per heavy atom. The highest BCUT2D eigenvalue weighted by Gasteiger charge is 2.19. The van der Waals surface area contributed by atoms with Crippen molar-refractivity contribution in [1.29, 1.82) is 0 Å². The lowest BCUT2D eigenvalue weighted by molar-refractivity contribution is 0.564. The number of hydrogen-bond donors (Lipinski definition) is 1. The van der Waals surface area contributed by atoms with Crippen molar-refractivity contribution in [2.75, 3.05) is 5.75 Å². The van der Waals surface area contributed by atoms with Crippen LogP contribution >= 0.6 is 11.8 Å². The van der Waals surface area contributed by atoms with Crippen molar-refractivity contribution in [3.8, 4) is 0 Å². The summed E-state index contributed by atoms with van der Waals surface area (Å²) in [6.07, 6.45) is 6.16. The lowest BCUT2D eigenvalue weighted by Crippen LogP contribution is -2.29. The number of unbranched alkanes of at least 4 members (excludes halogenated alkanes) is 4. The van der Waals surface area contributed by atoms with Crippen LogP contribution in [0.2, 0.25) is 0 Å². The largest absolute Gasteiger partial charge is 0.329 e. The van der Waals surface area contributed by atoms with Gasteiger partial charge in [0.2, 0.25) is 0 Å². The third-order valence-electron chi connectivity index (χ3n) is 3.91. The van der Waals surface area contributed by atoms with E-state index in [-0.39, 0.29) is 11.6 Å². The molecule has 0 aliphatic carbocycles. The number of nitrogens with one attached hydrogen (secondary N) is 1. The summed E-state index contributed by atoms with van der Waals surface area (Å²) >= 11 is 1.67. The maximum absolute atomic E-state index is 12.2. The third kappa shape index (κ3) is 3.88. The molecule has 0 saturated carbocycles. The van der Waals surface area contributed by atoms with Crippen LogP contribution in [0, 0.1) is 0 Å². The van der Waals surface area contributed by atoms with Gasteiger partial charge in [-0.05, 0) is 20.3 Å². The zero-order valence-corrected chi connectivity index (χ0v) is 15.2. The summed E-state index contributed by atoms with van der Waals surface area (Å²) in [5, 5.41) is 0.817. The highest BCUT2D eigenvalue weighted by molar-refractivity contribution is 7.99. The number of aromatic nitrogens is 4. The second-order valence-corrected chi connectivity index (χ2v) is 7.17. The zero-order valence-electron chi connectivity index (χ0n) is 14.4. The first kappa shape index (κ1) is 17.8. The van der Waals surface area contributed by atoms with Crippen molar-refractivity contribution >= 4 is 22.9 Å². The Morgan fingerprint density at radius 2 is 1.87 bits per heavy atom. The molecule has 6 nitrogen and oxygen atoms in total. The van der Waals surface area contributed by atoms with Crippen molar-refractivity contribution in [2.24, 2.45) is 7.05 Å². The number of aromatic amines is 1. The SMILES string of the molecule is CCCCCCCSc1nc2c(c(=O)[nH]c(=O)n2C)n1C(C)C. The van der Waals surface area contributed by atoms with Crippen LogP contribution in [0.3, 0.4) is 0 Å². The van der Waals surface area contributed by atoms with Gasteiger partial charge in [-0.2, -0.15) is 0 Å². The Morgan fingerprint density at radius 1 is 1.17 bits per heavy atom. The minimum absolute atomic E-state index is 0.112. The number of imidazole rings is 1. The molecular formula is C16H26N4O2S. The molecule has 0 atom stereocenters. The zero-order chi connectivity index (χ0) is 17.0. The van der Waals surface area contributed by atoms with Gasteiger partial charge >= 0.3 is 5.69 Å². The minimum Gasteiger partial charge on any atom is -0.311 e. The molecule has 2 rings (SSSR count). The quantitative estimate of drug-likeness (QED) is 0.593. The first-order valence-corrected chi connectivity index (χ1v) is 9.30. The molecule has 0 spiro atoms. The molecule has 0 unspecified atom stereocenters. The Bertz CT molecular complexity index is 773. The molecule has 23 heavy (non-hydrogen) atoms. The Balaban J connectivity index is 2.27. The van der Waals surface area contributed by atoms with Crippen LogP contribution in [0.5, 0.6) is 0 Å². The molecule has 128 valence electrons. The second-order valence-electron chi connectivity index (χ2n) is 6.11. The molecule has 2 aromatic rings. The third-order valence-corrected chi connectivity index (χ3v) is 4.95. The number of nitrogens with zero attached hydrogens (tertiary/aromatic N) is 3. The highest BCUT2D eigenvalue weighted by atomic mass is 32.2. The predicted octanol–water partition coefficient (Wildman–Crippen LogP) is 3.07. The maximum atomic E-state index is 12.2. The standard InChI is InChI=1S/C16H26N4O2S/c1-5-6-7-8-9-10-23-16-17-13-12(20(16)11(2)3)14(21)18-15(22)19(13)4/h11H,5-10H2,1-4H3,(H,18,21,22). The van der Waals surface area contributed by atoms with Crippen LogP contribution in [0.4, 0.5) is 0 Å². The fourth-order valence-electron chi connectivity index (χ4n) is 2.63. The highest BCUT2D eigenvalue weighted by Crippen LogP contribution is 2.26. The molecule has 0 aromatic carbocycles. The number of rotatable bonds is 8. The molecule has 0 amide bonds. The van der Waals surface area contributed by atoms with Crippen LogP contribution in [0.25, 0.3) is 11.2 Å². The Kier molecular flexibility index (Phi) is 6.10. The normalized spacial score (nSPS) is 11.7. The minimum atomic E-state index is -0.424. The molecule has 0 radical (unpaired) electrons. The van der Waals surface area contributed by atoms with E-state index < -0.39 is 5.69 Å². The smallest absolute Gasteiger partial charge is 0.311 e. The molecule has 0 fully saturated rings. The summed E-state index contributed by atoms with van der Waals surface area (Å²) in [4.78, 5) is 30.9. The number of aryl methyl sites for hydroxylation is 1. The van der Waals surface area contributed by atoms with Crippen molar-refractivity contribution in [2.45, 2.75) is 64.1 Å². The molecule has 0 aliphatic heterocycles. The number of fused-ring (bicyclic) bond motifs is 1. The number of H-pyrrole nitrogens is 1. The van der Waals surface area contributed by atoms with E-state index in [1.807, 2.05) is 18.4 Å². The lowest BCUT2D eigenvalue weighted by Gasteiger charge is -2.11. The topological polar surface area (TPSA) is 72.7 Å². The van der Waals surface area contributed by atoms with E-state index in [9.17, 15) is 9.59 Å². The summed E-state index contributed by atoms with van der Waals surface area (Å²) < 4.78 is 3.34. The average Bonchev–Trinajstić information content (AvgIpc) is 2.89. The summed E-state index contributed by atoms with van der Waals surface area (Å²) in [5.74, 6) is 0.978. The van der Waals surface area contributed by atoms with E-state index in [2.05, 4.69) is 16.9 Å². The fraction of sp³-hybridized carbons (Fsp3) is 0.688. The van der Waals surface area contributed by atoms with Crippen LogP contribution in [-0.4, -0.2) is 24.9 Å². The van der Waals surface area contributed by atoms with Crippen LogP contribution in [0.15, 0.2) is 14.7 Å². The van der Waals surface area contributed by atoms with Gasteiger partial charge in [0, 0.05) is 18.8 Å². The maximum Gasteiger partial charge on any atom is 0.329 e. The molecular weight excluding hydrogens is 312 g/mol. The van der Waals surface area contributed by atoms with E-state index in [0.717, 1.165) is 17.3 Å². The Hall–Kier alpha value is -1.50. The van der Waals surface area contributed by atoms with Crippen LogP contribution in [-0.2, 0) is 7.05 Å². The predicted molar refractivity (Wildman–Crippen MR) is 95.5 cm³/mol. The average molecular weight is 338 g/mol. The van der Waals surface area contributed by atoms with Gasteiger partial charge in [-0.15, -0.1) is 0 Å². The summed E-state index contributed by atoms with van der Waals surface area (Å²) in [5.41, 5.74) is 0.155. The number of hydrogen-bond acceptors (Lipinski definition) is 4. The molecule has 2 heterocycles. The van der Waals surface area contributed by atoms with Crippen LogP contribution < -0.4 is 11.2 Å². The van der Waals surface area contributed by atoms with Crippen LogP contribution in [0.1, 0.15) is 58.9 Å². The molecule has 0 saturated heterocycles. The van der Waals surface area contributed by atoms with Gasteiger partial charge in [-0.1, -0.05) is 44.4 Å². The van der Waals surface area contributed by atoms with Gasteiger partial charge in [0.15, 0.2) is 16.3 Å². The van der Waals surface area contributed by atoms with E-state index in [4.69, 9.17) is 0 Å². The molecule has 7 heteroatoms. The van der Waals surface area contributed by atoms with Crippen molar-refractivity contribution in [3.63, 3.8) is 0 Å². The van der Waals surface area contributed by atoms with Gasteiger partial charge in [-0.3, -0.25) is 14.3 Å². The monoisotopic (exact) mass is 338 g/mol. The van der Waals surface area contributed by atoms with E-state index in [0.29, 0.717) is 11.2 Å². The summed E-state index contributed by atoms with van der Waals surface area (Å²) in [7, 11) is 1.64. The lowest BCUT2D eigenvalue weighted by atomic mass is 10.2. The number of thioether (sulfide) groups is 1. The van der Waals surface area contributed by atoms with Gasteiger partial charge in [0.1, 0.15) is 0 Å². The first-order chi connectivity index (χ1) is 11.0. The molecule has 0 bridgehead atoms. The van der Waals surface area contributed by atoms with Gasteiger partial charge in [0.25, 0.3) is 5.56 Å². The fourth-order valence-corrected chi connectivity index (χ4v) is 3.76. The second kappa shape index (κ2) is 7.86. The summed E-state index contributed by atoms with van der Waals surface area (Å²) in [6, 6.07) is 0.112. The molecule has 0 aliphatic rings. The van der Waals surface area contributed by atoms with E-state index in [1.54, 1.807) is 18.8 Å². The first-order valence-electron chi connectivity index (χ1n) is 8.31. The van der Waals surface area contributed by atoms with Gasteiger partial charge in [0.05, 0.1) is 0 Å². The van der Waals surface area contributed by atoms with Crippen molar-refractivity contribution in [3.05, 3.63) is 20.8 Å². The van der Waals surface area contributed by atoms with Gasteiger partial charge < -0.3 is 4.57 Å². The van der Waals surface area contributed by atoms with Crippen molar-refractivity contribution in [1.82, 2.24) is 19.1 Å². The Labute approximate surface area is 140 Å². The van der Waals surface area contributed by atoms with Gasteiger partial charge in [-0.25, -0.2) is 9.78 Å². The van der Waals surface area contributed by atoms with E-state index in [1.165, 1.54) is 30.3 Å². The van der Waals surface area contributed by atoms with Crippen molar-refractivity contribution < 1.29 is 0 Å². The summed E-state index contributed by atoms with van der Waals surface area (Å²) in [6.45, 7) is 6.26. The molecule has 1 N–H and O–H groups in total. The molecule has 2 aromatic heterocycles. The van der Waals surface area contributed by atoms with E-state index >= 15 is 0 Å².